The number of benzene rings is 1. The number of nitro benzene ring substituents is 1. The SMILES string of the molecule is CC(=O)Nc1ccc(C(C)NC(C)=O)cc1[N+](=O)[O-]. The maximum atomic E-state index is 11.0. The number of rotatable bonds is 4. The highest BCUT2D eigenvalue weighted by Crippen LogP contribution is 2.28. The van der Waals surface area contributed by atoms with Crippen LogP contribution in [0.15, 0.2) is 18.2 Å². The third-order valence-electron chi connectivity index (χ3n) is 2.45. The van der Waals surface area contributed by atoms with Crippen LogP contribution in [-0.2, 0) is 9.59 Å². The van der Waals surface area contributed by atoms with E-state index in [9.17, 15) is 19.7 Å². The van der Waals surface area contributed by atoms with Crippen molar-refractivity contribution < 1.29 is 14.5 Å². The molecular formula is C12H15N3O4. The molecule has 0 saturated carbocycles. The number of nitrogens with zero attached hydrogens (tertiary/aromatic N) is 1. The fourth-order valence-corrected chi connectivity index (χ4v) is 1.65. The van der Waals surface area contributed by atoms with E-state index in [1.54, 1.807) is 13.0 Å². The van der Waals surface area contributed by atoms with Gasteiger partial charge in [0.2, 0.25) is 11.8 Å². The average molecular weight is 265 g/mol. The zero-order chi connectivity index (χ0) is 14.6. The van der Waals surface area contributed by atoms with Crippen molar-refractivity contribution >= 4 is 23.2 Å². The maximum Gasteiger partial charge on any atom is 0.293 e. The van der Waals surface area contributed by atoms with Crippen molar-refractivity contribution in [2.24, 2.45) is 0 Å². The molecule has 0 bridgehead atoms. The van der Waals surface area contributed by atoms with E-state index in [0.29, 0.717) is 5.56 Å². The number of carbonyl (C=O) groups is 2. The highest BCUT2D eigenvalue weighted by atomic mass is 16.6. The quantitative estimate of drug-likeness (QED) is 0.639. The van der Waals surface area contributed by atoms with Gasteiger partial charge in [-0.15, -0.1) is 0 Å². The highest BCUT2D eigenvalue weighted by molar-refractivity contribution is 5.91. The van der Waals surface area contributed by atoms with E-state index < -0.39 is 4.92 Å². The van der Waals surface area contributed by atoms with Crippen molar-refractivity contribution in [3.8, 4) is 0 Å². The van der Waals surface area contributed by atoms with Crippen LogP contribution in [0, 0.1) is 10.1 Å². The largest absolute Gasteiger partial charge is 0.350 e. The predicted octanol–water partition coefficient (Wildman–Crippen LogP) is 1.75. The molecule has 2 amide bonds. The van der Waals surface area contributed by atoms with E-state index in [1.807, 2.05) is 0 Å². The maximum absolute atomic E-state index is 11.0. The van der Waals surface area contributed by atoms with Gasteiger partial charge in [0.1, 0.15) is 5.69 Å². The predicted molar refractivity (Wildman–Crippen MR) is 69.6 cm³/mol. The molecule has 0 aliphatic carbocycles. The Labute approximate surface area is 110 Å². The van der Waals surface area contributed by atoms with Crippen LogP contribution in [-0.4, -0.2) is 16.7 Å². The van der Waals surface area contributed by atoms with Crippen LogP contribution >= 0.6 is 0 Å². The molecule has 1 unspecified atom stereocenters. The molecule has 1 aromatic rings. The van der Waals surface area contributed by atoms with Crippen molar-refractivity contribution in [1.82, 2.24) is 5.32 Å². The molecule has 102 valence electrons. The van der Waals surface area contributed by atoms with Crippen molar-refractivity contribution in [3.05, 3.63) is 33.9 Å². The second-order valence-electron chi connectivity index (χ2n) is 4.14. The van der Waals surface area contributed by atoms with Crippen LogP contribution in [0.4, 0.5) is 11.4 Å². The summed E-state index contributed by atoms with van der Waals surface area (Å²) in [6.07, 6.45) is 0. The Morgan fingerprint density at radius 3 is 2.37 bits per heavy atom. The molecule has 1 rings (SSSR count). The van der Waals surface area contributed by atoms with Gasteiger partial charge < -0.3 is 10.6 Å². The third kappa shape index (κ3) is 4.06. The fraction of sp³-hybridized carbons (Fsp3) is 0.333. The molecule has 0 aromatic heterocycles. The zero-order valence-electron chi connectivity index (χ0n) is 10.9. The summed E-state index contributed by atoms with van der Waals surface area (Å²) in [6.45, 7) is 4.37. The number of hydrogen-bond acceptors (Lipinski definition) is 4. The Kier molecular flexibility index (Phi) is 4.57. The van der Waals surface area contributed by atoms with Gasteiger partial charge in [-0.3, -0.25) is 19.7 Å². The van der Waals surface area contributed by atoms with Crippen LogP contribution in [0.2, 0.25) is 0 Å². The van der Waals surface area contributed by atoms with E-state index >= 15 is 0 Å². The van der Waals surface area contributed by atoms with Gasteiger partial charge in [-0.05, 0) is 18.6 Å². The van der Waals surface area contributed by atoms with Gasteiger partial charge in [0, 0.05) is 19.9 Å². The summed E-state index contributed by atoms with van der Waals surface area (Å²) in [5.41, 5.74) is 0.525. The van der Waals surface area contributed by atoms with E-state index in [1.165, 1.54) is 26.0 Å². The van der Waals surface area contributed by atoms with Gasteiger partial charge in [0.15, 0.2) is 0 Å². The Hall–Kier alpha value is -2.44. The summed E-state index contributed by atoms with van der Waals surface area (Å²) < 4.78 is 0. The smallest absolute Gasteiger partial charge is 0.293 e. The highest BCUT2D eigenvalue weighted by Gasteiger charge is 2.18. The Balaban J connectivity index is 3.11. The molecule has 0 radical (unpaired) electrons. The summed E-state index contributed by atoms with van der Waals surface area (Å²) in [5.74, 6) is -0.605. The molecule has 0 heterocycles. The second-order valence-corrected chi connectivity index (χ2v) is 4.14. The van der Waals surface area contributed by atoms with Gasteiger partial charge in [-0.1, -0.05) is 6.07 Å². The lowest BCUT2D eigenvalue weighted by atomic mass is 10.1. The molecule has 19 heavy (non-hydrogen) atoms. The van der Waals surface area contributed by atoms with E-state index in [0.717, 1.165) is 0 Å². The fourth-order valence-electron chi connectivity index (χ4n) is 1.65. The molecule has 1 aromatic carbocycles. The molecule has 0 aliphatic rings. The molecular weight excluding hydrogens is 250 g/mol. The molecule has 1 atom stereocenters. The molecule has 0 aliphatic heterocycles. The van der Waals surface area contributed by atoms with Crippen molar-refractivity contribution in [1.29, 1.82) is 0 Å². The normalized spacial score (nSPS) is 11.5. The van der Waals surface area contributed by atoms with Crippen molar-refractivity contribution in [2.75, 3.05) is 5.32 Å². The molecule has 0 saturated heterocycles. The summed E-state index contributed by atoms with van der Waals surface area (Å²) in [6, 6.07) is 4.07. The molecule has 7 heteroatoms. The lowest BCUT2D eigenvalue weighted by Gasteiger charge is -2.13. The summed E-state index contributed by atoms with van der Waals surface area (Å²) in [7, 11) is 0. The van der Waals surface area contributed by atoms with E-state index in [2.05, 4.69) is 10.6 Å². The molecule has 2 N–H and O–H groups in total. The van der Waals surface area contributed by atoms with Gasteiger partial charge in [-0.25, -0.2) is 0 Å². The Morgan fingerprint density at radius 1 is 1.26 bits per heavy atom. The average Bonchev–Trinajstić information content (AvgIpc) is 2.27. The number of amides is 2. The van der Waals surface area contributed by atoms with E-state index in [-0.39, 0.29) is 29.2 Å². The van der Waals surface area contributed by atoms with Gasteiger partial charge in [0.25, 0.3) is 5.69 Å². The summed E-state index contributed by atoms with van der Waals surface area (Å²) in [5, 5.41) is 16.0. The summed E-state index contributed by atoms with van der Waals surface area (Å²) >= 11 is 0. The number of hydrogen-bond donors (Lipinski definition) is 2. The minimum Gasteiger partial charge on any atom is -0.350 e. The van der Waals surface area contributed by atoms with Crippen LogP contribution in [0.1, 0.15) is 32.4 Å². The minimum atomic E-state index is -0.574. The second kappa shape index (κ2) is 5.94. The topological polar surface area (TPSA) is 101 Å². The van der Waals surface area contributed by atoms with Crippen molar-refractivity contribution in [2.45, 2.75) is 26.8 Å². The standard InChI is InChI=1S/C12H15N3O4/c1-7(13-8(2)16)10-4-5-11(14-9(3)17)12(6-10)15(18)19/h4-7H,1-3H3,(H,13,16)(H,14,17). The first-order chi connectivity index (χ1) is 8.81. The number of anilines is 1. The van der Waals surface area contributed by atoms with Crippen LogP contribution in [0.3, 0.4) is 0 Å². The summed E-state index contributed by atoms with van der Waals surface area (Å²) in [4.78, 5) is 32.3. The van der Waals surface area contributed by atoms with Crippen LogP contribution in [0.5, 0.6) is 0 Å². The Bertz CT molecular complexity index is 528. The van der Waals surface area contributed by atoms with Gasteiger partial charge >= 0.3 is 0 Å². The van der Waals surface area contributed by atoms with Gasteiger partial charge in [-0.2, -0.15) is 0 Å². The number of nitro groups is 1. The monoisotopic (exact) mass is 265 g/mol. The minimum absolute atomic E-state index is 0.135. The van der Waals surface area contributed by atoms with E-state index in [4.69, 9.17) is 0 Å². The van der Waals surface area contributed by atoms with Crippen LogP contribution in [0.25, 0.3) is 0 Å². The lowest BCUT2D eigenvalue weighted by Crippen LogP contribution is -2.23. The molecule has 0 spiro atoms. The number of carbonyl (C=O) groups excluding carboxylic acids is 2. The Morgan fingerprint density at radius 2 is 1.89 bits per heavy atom. The van der Waals surface area contributed by atoms with Gasteiger partial charge in [0.05, 0.1) is 11.0 Å². The first-order valence-corrected chi connectivity index (χ1v) is 5.64. The zero-order valence-corrected chi connectivity index (χ0v) is 10.9. The van der Waals surface area contributed by atoms with Crippen molar-refractivity contribution in [3.63, 3.8) is 0 Å². The van der Waals surface area contributed by atoms with Crippen LogP contribution < -0.4 is 10.6 Å². The molecule has 7 nitrogen and oxygen atoms in total. The first-order valence-electron chi connectivity index (χ1n) is 5.64. The first kappa shape index (κ1) is 14.6. The third-order valence-corrected chi connectivity index (χ3v) is 2.45. The molecule has 0 fully saturated rings. The number of nitrogens with one attached hydrogen (secondary N) is 2. The lowest BCUT2D eigenvalue weighted by molar-refractivity contribution is -0.384.